The molecule has 1 amide bonds. The summed E-state index contributed by atoms with van der Waals surface area (Å²) in [6.07, 6.45) is 3.20. The molecule has 284 valence electrons. The molecule has 6 aromatic rings. The molecule has 9 rings (SSSR count). The number of aromatic amines is 1. The number of pyridine rings is 1. The van der Waals surface area contributed by atoms with Crippen molar-refractivity contribution in [1.29, 1.82) is 0 Å². The minimum absolute atomic E-state index is 0.0608. The summed E-state index contributed by atoms with van der Waals surface area (Å²) < 4.78 is 13.2. The number of ether oxygens (including phenoxy) is 1. The van der Waals surface area contributed by atoms with E-state index in [1.807, 2.05) is 60.7 Å². The molecule has 5 N–H and O–H groups in total. The first-order valence-corrected chi connectivity index (χ1v) is 19.0. The number of unbranched alkanes of at least 4 members (excludes halogenated alkanes) is 1. The largest absolute Gasteiger partial charge is 0.506 e. The summed E-state index contributed by atoms with van der Waals surface area (Å²) >= 11 is 0. The van der Waals surface area contributed by atoms with Crippen LogP contribution in [0.3, 0.4) is 0 Å². The molecule has 0 saturated carbocycles. The number of hydrogen-bond acceptors (Lipinski definition) is 9. The first kappa shape index (κ1) is 36.3. The summed E-state index contributed by atoms with van der Waals surface area (Å²) in [4.78, 5) is 42.6. The van der Waals surface area contributed by atoms with E-state index < -0.39 is 18.0 Å². The number of aryl methyl sites for hydroxylation is 2. The summed E-state index contributed by atoms with van der Waals surface area (Å²) in [7, 11) is 0. The van der Waals surface area contributed by atoms with Crippen LogP contribution in [0, 0.1) is 5.92 Å². The van der Waals surface area contributed by atoms with Crippen LogP contribution in [0.2, 0.25) is 0 Å². The smallest absolute Gasteiger partial charge is 0.419 e. The lowest BCUT2D eigenvalue weighted by Gasteiger charge is -2.43. The number of phenols is 1. The number of hydrogen-bond donors (Lipinski definition) is 5. The van der Waals surface area contributed by atoms with E-state index in [4.69, 9.17) is 9.15 Å². The van der Waals surface area contributed by atoms with Gasteiger partial charge >= 0.3 is 11.8 Å². The second-order valence-electron chi connectivity index (χ2n) is 14.7. The molecule has 3 saturated heterocycles. The lowest BCUT2D eigenvalue weighted by molar-refractivity contribution is -0.0289. The Morgan fingerprint density at radius 3 is 2.56 bits per heavy atom. The number of aromatic nitrogens is 2. The summed E-state index contributed by atoms with van der Waals surface area (Å²) in [6.45, 7) is 4.14. The second-order valence-corrected chi connectivity index (χ2v) is 14.7. The number of amides is 1. The number of carbonyl (C=O) groups excluding carboxylic acids is 1. The number of H-pyrrole nitrogens is 1. The van der Waals surface area contributed by atoms with Crippen LogP contribution in [0.15, 0.2) is 105 Å². The van der Waals surface area contributed by atoms with Crippen molar-refractivity contribution in [3.8, 4) is 16.9 Å². The van der Waals surface area contributed by atoms with Crippen LogP contribution in [0.4, 0.5) is 10.5 Å². The second kappa shape index (κ2) is 16.0. The fourth-order valence-corrected chi connectivity index (χ4v) is 8.08. The van der Waals surface area contributed by atoms with Crippen molar-refractivity contribution in [2.24, 2.45) is 5.92 Å². The van der Waals surface area contributed by atoms with Gasteiger partial charge < -0.3 is 29.7 Å². The maximum Gasteiger partial charge on any atom is 0.419 e. The van der Waals surface area contributed by atoms with Crippen molar-refractivity contribution >= 4 is 33.8 Å². The fraction of sp³-hybridized carbons (Fsp3) is 0.326. The quantitative estimate of drug-likeness (QED) is 0.0856. The number of anilines is 1. The maximum absolute atomic E-state index is 13.0. The van der Waals surface area contributed by atoms with Crippen LogP contribution in [0.5, 0.6) is 5.75 Å². The van der Waals surface area contributed by atoms with Gasteiger partial charge in [0.1, 0.15) is 11.9 Å². The molecule has 12 heteroatoms. The molecular weight excluding hydrogens is 699 g/mol. The van der Waals surface area contributed by atoms with E-state index >= 15 is 0 Å². The zero-order chi connectivity index (χ0) is 37.9. The molecule has 2 atom stereocenters. The van der Waals surface area contributed by atoms with Gasteiger partial charge in [0, 0.05) is 43.2 Å². The average Bonchev–Trinajstić information content (AvgIpc) is 3.51. The van der Waals surface area contributed by atoms with Crippen molar-refractivity contribution in [3.05, 3.63) is 129 Å². The molecular formula is C43H45N5O7. The fourth-order valence-electron chi connectivity index (χ4n) is 8.08. The van der Waals surface area contributed by atoms with E-state index in [1.165, 1.54) is 12.1 Å². The third-order valence-corrected chi connectivity index (χ3v) is 11.0. The highest BCUT2D eigenvalue weighted by molar-refractivity contribution is 5.92. The Kier molecular flexibility index (Phi) is 10.5. The van der Waals surface area contributed by atoms with Gasteiger partial charge in [-0.25, -0.2) is 9.59 Å². The first-order chi connectivity index (χ1) is 26.8. The van der Waals surface area contributed by atoms with Crippen molar-refractivity contribution in [2.75, 3.05) is 31.5 Å². The number of fused-ring (bicyclic) bond motifs is 5. The van der Waals surface area contributed by atoms with Crippen LogP contribution in [0.1, 0.15) is 48.5 Å². The van der Waals surface area contributed by atoms with Crippen LogP contribution in [-0.2, 0) is 24.2 Å². The number of nitrogens with one attached hydrogen (secondary N) is 3. The van der Waals surface area contributed by atoms with Gasteiger partial charge in [0.05, 0.1) is 22.8 Å². The number of rotatable bonds is 13. The monoisotopic (exact) mass is 743 g/mol. The highest BCUT2D eigenvalue weighted by atomic mass is 16.6. The van der Waals surface area contributed by atoms with Crippen molar-refractivity contribution < 1.29 is 24.2 Å². The van der Waals surface area contributed by atoms with Crippen molar-refractivity contribution in [1.82, 2.24) is 19.8 Å². The number of aliphatic hydroxyl groups excluding tert-OH is 1. The van der Waals surface area contributed by atoms with Gasteiger partial charge in [0.25, 0.3) is 0 Å². The number of piperidine rings is 3. The Bertz CT molecular complexity index is 2430. The summed E-state index contributed by atoms with van der Waals surface area (Å²) in [5.74, 6) is -0.0277. The Morgan fingerprint density at radius 1 is 0.945 bits per heavy atom. The minimum atomic E-state index is -0.889. The van der Waals surface area contributed by atoms with Crippen molar-refractivity contribution in [2.45, 2.75) is 57.4 Å². The number of nitrogens with zero attached hydrogens (tertiary/aromatic N) is 2. The molecule has 0 spiro atoms. The van der Waals surface area contributed by atoms with Gasteiger partial charge in [-0.3, -0.25) is 19.6 Å². The summed E-state index contributed by atoms with van der Waals surface area (Å²) in [5, 5.41) is 27.9. The predicted octanol–water partition coefficient (Wildman–Crippen LogP) is 6.30. The zero-order valence-electron chi connectivity index (χ0n) is 30.5. The van der Waals surface area contributed by atoms with E-state index in [2.05, 4.69) is 26.6 Å². The van der Waals surface area contributed by atoms with Gasteiger partial charge in [-0.05, 0) is 110 Å². The van der Waals surface area contributed by atoms with E-state index in [9.17, 15) is 24.6 Å². The van der Waals surface area contributed by atoms with Crippen LogP contribution in [-0.4, -0.2) is 63.0 Å². The zero-order valence-corrected chi connectivity index (χ0v) is 30.5. The standard InChI is InChI=1S/C43H45N5O7/c49-36-15-11-31(32-12-16-40(51)46-41(32)36)37(50)25-44-24-28-10-14-35-38(23-28)55-43(53)48(35)19-5-4-6-27-9-13-34(33(22-27)29-7-2-1-3-8-29)45-42(52)54-39-26-47-20-17-30(39)18-21-47/h1-3,7-16,22-23,30,37,39,44,49-50H,4-6,17-21,24-26H2,(H,45,52)(H,46,51)/t37?,39-/m0/s1. The van der Waals surface area contributed by atoms with E-state index in [0.29, 0.717) is 41.2 Å². The summed E-state index contributed by atoms with van der Waals surface area (Å²) in [6, 6.07) is 27.8. The molecule has 0 aliphatic carbocycles. The van der Waals surface area contributed by atoms with Crippen LogP contribution >= 0.6 is 0 Å². The molecule has 12 nitrogen and oxygen atoms in total. The van der Waals surface area contributed by atoms with Crippen LogP contribution < -0.4 is 21.9 Å². The number of aliphatic hydroxyl groups is 1. The molecule has 55 heavy (non-hydrogen) atoms. The molecule has 3 aliphatic heterocycles. The molecule has 3 aliphatic rings. The minimum Gasteiger partial charge on any atom is -0.506 e. The Hall–Kier alpha value is -5.69. The van der Waals surface area contributed by atoms with Gasteiger partial charge in [-0.15, -0.1) is 0 Å². The van der Waals surface area contributed by atoms with E-state index in [1.54, 1.807) is 16.7 Å². The highest BCUT2D eigenvalue weighted by Crippen LogP contribution is 2.33. The lowest BCUT2D eigenvalue weighted by atomic mass is 9.86. The Labute approximate surface area is 317 Å². The molecule has 0 radical (unpaired) electrons. The molecule has 3 fully saturated rings. The van der Waals surface area contributed by atoms with E-state index in [-0.39, 0.29) is 29.5 Å². The van der Waals surface area contributed by atoms with E-state index in [0.717, 1.165) is 79.5 Å². The number of oxazole rings is 1. The average molecular weight is 744 g/mol. The predicted molar refractivity (Wildman–Crippen MR) is 211 cm³/mol. The molecule has 2 aromatic heterocycles. The number of carbonyl (C=O) groups is 1. The van der Waals surface area contributed by atoms with Gasteiger partial charge in [-0.2, -0.15) is 0 Å². The lowest BCUT2D eigenvalue weighted by Crippen LogP contribution is -2.52. The molecule has 2 bridgehead atoms. The van der Waals surface area contributed by atoms with Crippen molar-refractivity contribution in [3.63, 3.8) is 0 Å². The van der Waals surface area contributed by atoms with Gasteiger partial charge in [-0.1, -0.05) is 48.5 Å². The number of aromatic hydroxyl groups is 1. The Morgan fingerprint density at radius 2 is 1.76 bits per heavy atom. The highest BCUT2D eigenvalue weighted by Gasteiger charge is 2.36. The SMILES string of the molecule is O=C(Nc1ccc(CCCCn2c(=O)oc3cc(CNCC(O)c4ccc(O)c5[nH]c(=O)ccc45)ccc32)cc1-c1ccccc1)O[C@H]1CN2CCC1CC2. The number of phenolic OH excluding ortho intramolecular Hbond substituents is 1. The molecule has 1 unspecified atom stereocenters. The molecule has 4 aromatic carbocycles. The van der Waals surface area contributed by atoms with Gasteiger partial charge in [0.15, 0.2) is 5.58 Å². The normalized spacial score (nSPS) is 18.5. The Balaban J connectivity index is 0.864. The third kappa shape index (κ3) is 8.07. The number of benzene rings is 4. The first-order valence-electron chi connectivity index (χ1n) is 19.0. The third-order valence-electron chi connectivity index (χ3n) is 11.0. The summed E-state index contributed by atoms with van der Waals surface area (Å²) in [5.41, 5.74) is 6.44. The van der Waals surface area contributed by atoms with Gasteiger partial charge in [0.2, 0.25) is 5.56 Å². The van der Waals surface area contributed by atoms with Crippen LogP contribution in [0.25, 0.3) is 33.1 Å². The molecule has 5 heterocycles. The maximum atomic E-state index is 13.0. The topological polar surface area (TPSA) is 162 Å².